The number of rotatable bonds is 6. The van der Waals surface area contributed by atoms with Crippen molar-refractivity contribution in [3.8, 4) is 0 Å². The predicted molar refractivity (Wildman–Crippen MR) is 100 cm³/mol. The maximum atomic E-state index is 12.3. The first kappa shape index (κ1) is 19.6. The molecule has 3 nitrogen and oxygen atoms in total. The van der Waals surface area contributed by atoms with Crippen LogP contribution in [0.5, 0.6) is 0 Å². The number of alkyl halides is 2. The van der Waals surface area contributed by atoms with Gasteiger partial charge in [-0.05, 0) is 37.5 Å². The molecule has 1 aromatic rings. The Morgan fingerprint density at radius 3 is 2.64 bits per heavy atom. The van der Waals surface area contributed by atoms with Gasteiger partial charge in [0.05, 0.1) is 13.1 Å². The predicted octanol–water partition coefficient (Wildman–Crippen LogP) is 3.92. The van der Waals surface area contributed by atoms with Crippen LogP contribution in [-0.4, -0.2) is 32.0 Å². The lowest BCUT2D eigenvalue weighted by Gasteiger charge is -2.16. The highest BCUT2D eigenvalue weighted by atomic mass is 127. The van der Waals surface area contributed by atoms with E-state index >= 15 is 0 Å². The van der Waals surface area contributed by atoms with E-state index in [9.17, 15) is 8.78 Å². The Hall–Kier alpha value is -0.440. The number of guanidine groups is 1. The molecule has 0 heterocycles. The Morgan fingerprint density at radius 2 is 2.09 bits per heavy atom. The summed E-state index contributed by atoms with van der Waals surface area (Å²) in [6, 6.07) is 8.23. The van der Waals surface area contributed by atoms with Crippen molar-refractivity contribution in [3.05, 3.63) is 34.3 Å². The SMILES string of the molecule is CCNC(=NCC1(c2cccc(Br)c2)CC1)NCC(F)F.I. The Morgan fingerprint density at radius 1 is 1.36 bits per heavy atom. The maximum Gasteiger partial charge on any atom is 0.255 e. The lowest BCUT2D eigenvalue weighted by molar-refractivity contribution is 0.152. The van der Waals surface area contributed by atoms with E-state index in [0.717, 1.165) is 17.3 Å². The summed E-state index contributed by atoms with van der Waals surface area (Å²) in [6.45, 7) is 2.80. The first-order valence-corrected chi connectivity index (χ1v) is 7.91. The number of halogens is 4. The lowest BCUT2D eigenvalue weighted by atomic mass is 9.96. The van der Waals surface area contributed by atoms with Gasteiger partial charge in [0.1, 0.15) is 0 Å². The summed E-state index contributed by atoms with van der Waals surface area (Å²) >= 11 is 3.48. The van der Waals surface area contributed by atoms with Crippen LogP contribution in [0.1, 0.15) is 25.3 Å². The van der Waals surface area contributed by atoms with Gasteiger partial charge in [-0.2, -0.15) is 0 Å². The fourth-order valence-electron chi connectivity index (χ4n) is 2.25. The molecule has 1 fully saturated rings. The van der Waals surface area contributed by atoms with Gasteiger partial charge in [-0.15, -0.1) is 24.0 Å². The van der Waals surface area contributed by atoms with Gasteiger partial charge in [-0.25, -0.2) is 8.78 Å². The van der Waals surface area contributed by atoms with E-state index in [4.69, 9.17) is 0 Å². The van der Waals surface area contributed by atoms with Gasteiger partial charge in [0.25, 0.3) is 6.43 Å². The molecule has 7 heteroatoms. The highest BCUT2D eigenvalue weighted by molar-refractivity contribution is 14.0. The third-order valence-corrected chi connectivity index (χ3v) is 4.09. The molecule has 0 radical (unpaired) electrons. The molecule has 124 valence electrons. The molecule has 1 saturated carbocycles. The number of aliphatic imine (C=N–C) groups is 1. The average Bonchev–Trinajstić information content (AvgIpc) is 3.23. The Kier molecular flexibility index (Phi) is 8.02. The first-order chi connectivity index (χ1) is 10.1. The van der Waals surface area contributed by atoms with Crippen molar-refractivity contribution in [2.75, 3.05) is 19.6 Å². The van der Waals surface area contributed by atoms with Crippen molar-refractivity contribution in [3.63, 3.8) is 0 Å². The number of nitrogens with zero attached hydrogens (tertiary/aromatic N) is 1. The zero-order valence-electron chi connectivity index (χ0n) is 12.4. The van der Waals surface area contributed by atoms with Gasteiger partial charge in [-0.1, -0.05) is 28.1 Å². The van der Waals surface area contributed by atoms with Crippen LogP contribution >= 0.6 is 39.9 Å². The van der Waals surface area contributed by atoms with E-state index in [1.54, 1.807) is 0 Å². The van der Waals surface area contributed by atoms with E-state index in [2.05, 4.69) is 43.7 Å². The molecule has 0 saturated heterocycles. The average molecular weight is 488 g/mol. The van der Waals surface area contributed by atoms with Crippen molar-refractivity contribution in [2.24, 2.45) is 4.99 Å². The molecule has 0 amide bonds. The van der Waals surface area contributed by atoms with E-state index in [0.29, 0.717) is 19.0 Å². The van der Waals surface area contributed by atoms with Crippen LogP contribution in [0.3, 0.4) is 0 Å². The summed E-state index contributed by atoms with van der Waals surface area (Å²) in [7, 11) is 0. The van der Waals surface area contributed by atoms with Gasteiger partial charge >= 0.3 is 0 Å². The standard InChI is InChI=1S/C15H20BrF2N3.HI/c1-2-19-14(20-9-13(17)18)21-10-15(6-7-15)11-4-3-5-12(16)8-11;/h3-5,8,13H,2,6-7,9-10H2,1H3,(H2,19,20,21);1H. The van der Waals surface area contributed by atoms with Crippen LogP contribution in [-0.2, 0) is 5.41 Å². The Bertz CT molecular complexity index is 507. The molecule has 1 aliphatic carbocycles. The molecular weight excluding hydrogens is 467 g/mol. The smallest absolute Gasteiger partial charge is 0.255 e. The van der Waals surface area contributed by atoms with Crippen LogP contribution in [0.15, 0.2) is 33.7 Å². The second-order valence-electron chi connectivity index (χ2n) is 5.26. The largest absolute Gasteiger partial charge is 0.357 e. The summed E-state index contributed by atoms with van der Waals surface area (Å²) in [5.41, 5.74) is 1.32. The minimum absolute atomic E-state index is 0. The van der Waals surface area contributed by atoms with Gasteiger partial charge in [0.15, 0.2) is 5.96 Å². The van der Waals surface area contributed by atoms with Crippen LogP contribution in [0.2, 0.25) is 0 Å². The monoisotopic (exact) mass is 487 g/mol. The maximum absolute atomic E-state index is 12.3. The second kappa shape index (κ2) is 9.00. The molecule has 0 unspecified atom stereocenters. The summed E-state index contributed by atoms with van der Waals surface area (Å²) in [5, 5.41) is 5.66. The second-order valence-corrected chi connectivity index (χ2v) is 6.17. The van der Waals surface area contributed by atoms with Gasteiger partial charge in [-0.3, -0.25) is 4.99 Å². The summed E-state index contributed by atoms with van der Waals surface area (Å²) in [5.74, 6) is 0.457. The van der Waals surface area contributed by atoms with E-state index < -0.39 is 6.43 Å². The normalized spacial score (nSPS) is 16.1. The third kappa shape index (κ3) is 5.64. The fourth-order valence-corrected chi connectivity index (χ4v) is 2.65. The van der Waals surface area contributed by atoms with Crippen molar-refractivity contribution in [1.29, 1.82) is 0 Å². The number of benzene rings is 1. The Labute approximate surface area is 155 Å². The zero-order valence-corrected chi connectivity index (χ0v) is 16.3. The topological polar surface area (TPSA) is 36.4 Å². The van der Waals surface area contributed by atoms with E-state index in [1.165, 1.54) is 5.56 Å². The molecule has 2 rings (SSSR count). The van der Waals surface area contributed by atoms with Gasteiger partial charge in [0, 0.05) is 16.4 Å². The molecule has 1 aromatic carbocycles. The quantitative estimate of drug-likeness (QED) is 0.362. The number of nitrogens with one attached hydrogen (secondary N) is 2. The molecule has 2 N–H and O–H groups in total. The van der Waals surface area contributed by atoms with Gasteiger partial charge in [0.2, 0.25) is 0 Å². The number of hydrogen-bond donors (Lipinski definition) is 2. The summed E-state index contributed by atoms with van der Waals surface area (Å²) in [6.07, 6.45) is -0.212. The van der Waals surface area contributed by atoms with Crippen molar-refractivity contribution in [2.45, 2.75) is 31.6 Å². The highest BCUT2D eigenvalue weighted by Gasteiger charge is 2.44. The van der Waals surface area contributed by atoms with E-state index in [1.807, 2.05) is 19.1 Å². The van der Waals surface area contributed by atoms with Crippen LogP contribution in [0.25, 0.3) is 0 Å². The minimum Gasteiger partial charge on any atom is -0.357 e. The molecule has 0 aliphatic heterocycles. The third-order valence-electron chi connectivity index (χ3n) is 3.60. The van der Waals surface area contributed by atoms with Gasteiger partial charge < -0.3 is 10.6 Å². The lowest BCUT2D eigenvalue weighted by Crippen LogP contribution is -2.40. The van der Waals surface area contributed by atoms with Crippen LogP contribution in [0.4, 0.5) is 8.78 Å². The zero-order chi connectivity index (χ0) is 15.3. The molecule has 0 spiro atoms. The highest BCUT2D eigenvalue weighted by Crippen LogP contribution is 2.48. The van der Waals surface area contributed by atoms with E-state index in [-0.39, 0.29) is 35.9 Å². The molecule has 0 aromatic heterocycles. The van der Waals surface area contributed by atoms with Crippen molar-refractivity contribution >= 4 is 45.9 Å². The molecule has 22 heavy (non-hydrogen) atoms. The molecule has 0 atom stereocenters. The van der Waals surface area contributed by atoms with Crippen molar-refractivity contribution < 1.29 is 8.78 Å². The summed E-state index contributed by atoms with van der Waals surface area (Å²) in [4.78, 5) is 4.47. The summed E-state index contributed by atoms with van der Waals surface area (Å²) < 4.78 is 25.6. The molecule has 1 aliphatic rings. The van der Waals surface area contributed by atoms with Crippen LogP contribution < -0.4 is 10.6 Å². The Balaban J connectivity index is 0.00000242. The number of hydrogen-bond acceptors (Lipinski definition) is 1. The molecular formula is C15H21BrF2IN3. The fraction of sp³-hybridized carbons (Fsp3) is 0.533. The van der Waals surface area contributed by atoms with Crippen molar-refractivity contribution in [1.82, 2.24) is 10.6 Å². The minimum atomic E-state index is -2.38. The first-order valence-electron chi connectivity index (χ1n) is 7.12. The van der Waals surface area contributed by atoms with Crippen LogP contribution in [0, 0.1) is 0 Å². The molecule has 0 bridgehead atoms.